The Hall–Kier alpha value is -1.63. The number of anilines is 1. The SMILES string of the molecule is C=CCn1c(N(C)CC(=O)OC)n[nH]c1=S. The van der Waals surface area contributed by atoms with Crippen molar-refractivity contribution >= 4 is 24.1 Å². The van der Waals surface area contributed by atoms with Gasteiger partial charge in [0.25, 0.3) is 0 Å². The maximum absolute atomic E-state index is 11.1. The van der Waals surface area contributed by atoms with Crippen LogP contribution in [0.5, 0.6) is 0 Å². The predicted molar refractivity (Wildman–Crippen MR) is 62.9 cm³/mol. The van der Waals surface area contributed by atoms with Gasteiger partial charge in [0.2, 0.25) is 5.95 Å². The second-order valence-electron chi connectivity index (χ2n) is 3.16. The Kier molecular flexibility index (Phi) is 4.24. The van der Waals surface area contributed by atoms with E-state index in [-0.39, 0.29) is 12.5 Å². The van der Waals surface area contributed by atoms with Gasteiger partial charge in [0.05, 0.1) is 7.11 Å². The van der Waals surface area contributed by atoms with Gasteiger partial charge in [0.15, 0.2) is 4.77 Å². The third-order valence-corrected chi connectivity index (χ3v) is 2.30. The Balaban J connectivity index is 2.90. The zero-order valence-corrected chi connectivity index (χ0v) is 10.1. The molecule has 0 bridgehead atoms. The predicted octanol–water partition coefficient (Wildman–Crippen LogP) is 0.736. The van der Waals surface area contributed by atoms with Crippen LogP contribution in [-0.2, 0) is 16.1 Å². The normalized spacial score (nSPS) is 9.88. The van der Waals surface area contributed by atoms with Crippen molar-refractivity contribution in [2.75, 3.05) is 25.6 Å². The van der Waals surface area contributed by atoms with Crippen LogP contribution >= 0.6 is 12.2 Å². The van der Waals surface area contributed by atoms with E-state index in [0.29, 0.717) is 17.3 Å². The lowest BCUT2D eigenvalue weighted by molar-refractivity contribution is -0.138. The molecule has 16 heavy (non-hydrogen) atoms. The van der Waals surface area contributed by atoms with Crippen LogP contribution in [0, 0.1) is 4.77 Å². The Morgan fingerprint density at radius 1 is 1.81 bits per heavy atom. The molecular formula is C9H14N4O2S. The first-order chi connectivity index (χ1) is 7.60. The molecule has 0 amide bonds. The number of esters is 1. The van der Waals surface area contributed by atoms with E-state index < -0.39 is 0 Å². The van der Waals surface area contributed by atoms with E-state index in [1.165, 1.54) is 7.11 Å². The molecule has 88 valence electrons. The highest BCUT2D eigenvalue weighted by Crippen LogP contribution is 2.09. The van der Waals surface area contributed by atoms with Gasteiger partial charge in [0, 0.05) is 13.6 Å². The molecule has 0 saturated heterocycles. The van der Waals surface area contributed by atoms with Gasteiger partial charge in [-0.15, -0.1) is 11.7 Å². The molecule has 0 atom stereocenters. The summed E-state index contributed by atoms with van der Waals surface area (Å²) in [6.45, 7) is 4.29. The summed E-state index contributed by atoms with van der Waals surface area (Å²) in [7, 11) is 3.08. The minimum atomic E-state index is -0.332. The summed E-state index contributed by atoms with van der Waals surface area (Å²) >= 11 is 5.05. The molecule has 0 radical (unpaired) electrons. The molecule has 1 aromatic rings. The summed E-state index contributed by atoms with van der Waals surface area (Å²) in [5.74, 6) is 0.247. The lowest BCUT2D eigenvalue weighted by atomic mass is 10.5. The van der Waals surface area contributed by atoms with E-state index in [2.05, 4.69) is 21.5 Å². The number of H-pyrrole nitrogens is 1. The Labute approximate surface area is 98.5 Å². The molecule has 0 aliphatic rings. The molecule has 0 saturated carbocycles. The molecule has 0 aliphatic carbocycles. The third kappa shape index (κ3) is 2.69. The first-order valence-corrected chi connectivity index (χ1v) is 5.05. The van der Waals surface area contributed by atoms with Crippen molar-refractivity contribution in [3.05, 3.63) is 17.4 Å². The largest absolute Gasteiger partial charge is 0.468 e. The molecule has 0 fully saturated rings. The second kappa shape index (κ2) is 5.45. The van der Waals surface area contributed by atoms with Gasteiger partial charge in [-0.25, -0.2) is 5.10 Å². The molecule has 7 heteroatoms. The topological polar surface area (TPSA) is 63.1 Å². The number of methoxy groups -OCH3 is 1. The number of ether oxygens (including phenoxy) is 1. The Bertz CT molecular complexity index is 437. The molecule has 0 spiro atoms. The third-order valence-electron chi connectivity index (χ3n) is 1.99. The van der Waals surface area contributed by atoms with Crippen LogP contribution in [0.15, 0.2) is 12.7 Å². The minimum absolute atomic E-state index is 0.118. The number of hydrogen-bond donors (Lipinski definition) is 1. The summed E-state index contributed by atoms with van der Waals surface area (Å²) in [4.78, 5) is 12.8. The number of rotatable bonds is 5. The molecular weight excluding hydrogens is 228 g/mol. The lowest BCUT2D eigenvalue weighted by Gasteiger charge is -2.16. The fourth-order valence-electron chi connectivity index (χ4n) is 1.22. The number of carbonyl (C=O) groups is 1. The van der Waals surface area contributed by atoms with E-state index in [9.17, 15) is 4.79 Å². The summed E-state index contributed by atoms with van der Waals surface area (Å²) in [5.41, 5.74) is 0. The number of allylic oxidation sites excluding steroid dienone is 1. The van der Waals surface area contributed by atoms with Crippen LogP contribution in [0.4, 0.5) is 5.95 Å². The van der Waals surface area contributed by atoms with E-state index in [4.69, 9.17) is 12.2 Å². The summed E-state index contributed by atoms with van der Waals surface area (Å²) < 4.78 is 6.81. The molecule has 1 rings (SSSR count). The van der Waals surface area contributed by atoms with Crippen LogP contribution in [0.2, 0.25) is 0 Å². The highest BCUT2D eigenvalue weighted by atomic mass is 32.1. The first kappa shape index (κ1) is 12.4. The second-order valence-corrected chi connectivity index (χ2v) is 3.55. The van der Waals surface area contributed by atoms with Crippen molar-refractivity contribution in [1.82, 2.24) is 14.8 Å². The van der Waals surface area contributed by atoms with Crippen molar-refractivity contribution in [1.29, 1.82) is 0 Å². The minimum Gasteiger partial charge on any atom is -0.468 e. The van der Waals surface area contributed by atoms with Gasteiger partial charge in [-0.2, -0.15) is 0 Å². The maximum atomic E-state index is 11.1. The van der Waals surface area contributed by atoms with Gasteiger partial charge in [0.1, 0.15) is 6.54 Å². The monoisotopic (exact) mass is 242 g/mol. The van der Waals surface area contributed by atoms with Gasteiger partial charge >= 0.3 is 5.97 Å². The van der Waals surface area contributed by atoms with Crippen molar-refractivity contribution < 1.29 is 9.53 Å². The van der Waals surface area contributed by atoms with E-state index in [1.54, 1.807) is 22.6 Å². The average Bonchev–Trinajstić information content (AvgIpc) is 2.61. The number of aromatic amines is 1. The van der Waals surface area contributed by atoms with E-state index in [1.807, 2.05) is 0 Å². The summed E-state index contributed by atoms with van der Waals surface area (Å²) in [5, 5.41) is 6.71. The van der Waals surface area contributed by atoms with Crippen molar-refractivity contribution in [2.24, 2.45) is 0 Å². The standard InChI is InChI=1S/C9H14N4O2S/c1-4-5-13-8(10-11-9(13)16)12(2)6-7(14)15-3/h4H,1,5-6H2,2-3H3,(H,11,16). The number of nitrogens with zero attached hydrogens (tertiary/aromatic N) is 3. The molecule has 0 unspecified atom stereocenters. The van der Waals surface area contributed by atoms with Crippen LogP contribution in [0.1, 0.15) is 0 Å². The average molecular weight is 242 g/mol. The van der Waals surface area contributed by atoms with Crippen molar-refractivity contribution in [2.45, 2.75) is 6.54 Å². The molecule has 1 heterocycles. The number of aromatic nitrogens is 3. The molecule has 0 aromatic carbocycles. The zero-order chi connectivity index (χ0) is 12.1. The van der Waals surface area contributed by atoms with Crippen LogP contribution < -0.4 is 4.90 Å². The van der Waals surface area contributed by atoms with Gasteiger partial charge in [-0.1, -0.05) is 6.08 Å². The van der Waals surface area contributed by atoms with Gasteiger partial charge in [-0.3, -0.25) is 9.36 Å². The number of nitrogens with one attached hydrogen (secondary N) is 1. The summed E-state index contributed by atoms with van der Waals surface area (Å²) in [6, 6.07) is 0. The molecule has 1 N–H and O–H groups in total. The van der Waals surface area contributed by atoms with Crippen molar-refractivity contribution in [3.63, 3.8) is 0 Å². The van der Waals surface area contributed by atoms with Crippen LogP contribution in [0.3, 0.4) is 0 Å². The molecule has 6 nitrogen and oxygen atoms in total. The quantitative estimate of drug-likeness (QED) is 0.468. The van der Waals surface area contributed by atoms with Crippen LogP contribution in [0.25, 0.3) is 0 Å². The Morgan fingerprint density at radius 3 is 3.06 bits per heavy atom. The van der Waals surface area contributed by atoms with E-state index in [0.717, 1.165) is 0 Å². The van der Waals surface area contributed by atoms with E-state index >= 15 is 0 Å². The number of carbonyl (C=O) groups excluding carboxylic acids is 1. The molecule has 0 aliphatic heterocycles. The number of hydrogen-bond acceptors (Lipinski definition) is 5. The zero-order valence-electron chi connectivity index (χ0n) is 9.27. The summed E-state index contributed by atoms with van der Waals surface area (Å²) in [6.07, 6.45) is 1.71. The highest BCUT2D eigenvalue weighted by Gasteiger charge is 2.13. The van der Waals surface area contributed by atoms with Crippen LogP contribution in [-0.4, -0.2) is 41.4 Å². The van der Waals surface area contributed by atoms with Crippen molar-refractivity contribution in [3.8, 4) is 0 Å². The Morgan fingerprint density at radius 2 is 2.50 bits per heavy atom. The fraction of sp³-hybridized carbons (Fsp3) is 0.444. The first-order valence-electron chi connectivity index (χ1n) is 4.64. The smallest absolute Gasteiger partial charge is 0.325 e. The highest BCUT2D eigenvalue weighted by molar-refractivity contribution is 7.71. The maximum Gasteiger partial charge on any atom is 0.325 e. The van der Waals surface area contributed by atoms with Gasteiger partial charge < -0.3 is 9.64 Å². The molecule has 1 aromatic heterocycles. The fourth-order valence-corrected chi connectivity index (χ4v) is 1.43. The lowest BCUT2D eigenvalue weighted by Crippen LogP contribution is -2.28. The van der Waals surface area contributed by atoms with Gasteiger partial charge in [-0.05, 0) is 12.2 Å². The number of likely N-dealkylation sites (N-methyl/N-ethyl adjacent to an activating group) is 1.